The molecule has 1 amide bonds. The zero-order chi connectivity index (χ0) is 13.2. The van der Waals surface area contributed by atoms with E-state index >= 15 is 0 Å². The molecule has 0 spiro atoms. The molecule has 1 unspecified atom stereocenters. The van der Waals surface area contributed by atoms with Gasteiger partial charge in [-0.2, -0.15) is 12.6 Å². The van der Waals surface area contributed by atoms with Gasteiger partial charge in [0.15, 0.2) is 0 Å². The van der Waals surface area contributed by atoms with Gasteiger partial charge in [0, 0.05) is 31.3 Å². The number of rotatable bonds is 2. The number of hydrogen-bond donors (Lipinski definition) is 1. The first-order valence-corrected chi connectivity index (χ1v) is 7.17. The first kappa shape index (κ1) is 12.8. The molecular formula is C14H18N2O2S. The molecular weight excluding hydrogens is 260 g/mol. The Bertz CT molecular complexity index is 474. The average molecular weight is 278 g/mol. The molecule has 2 saturated heterocycles. The highest BCUT2D eigenvalue weighted by atomic mass is 32.1. The number of morpholine rings is 1. The van der Waals surface area contributed by atoms with Gasteiger partial charge in [-0.1, -0.05) is 12.1 Å². The number of hydrogen-bond acceptors (Lipinski definition) is 4. The molecule has 0 aromatic heterocycles. The molecule has 2 fully saturated rings. The van der Waals surface area contributed by atoms with Crippen molar-refractivity contribution in [3.63, 3.8) is 0 Å². The largest absolute Gasteiger partial charge is 0.378 e. The molecule has 0 N–H and O–H groups in total. The molecule has 1 aromatic rings. The normalized spacial score (nSPS) is 24.1. The molecule has 2 heterocycles. The third-order valence-corrected chi connectivity index (χ3v) is 3.97. The van der Waals surface area contributed by atoms with E-state index in [0.29, 0.717) is 13.0 Å². The van der Waals surface area contributed by atoms with Crippen LogP contribution in [0.2, 0.25) is 0 Å². The van der Waals surface area contributed by atoms with E-state index in [1.807, 2.05) is 23.1 Å². The van der Waals surface area contributed by atoms with Crippen LogP contribution in [0.3, 0.4) is 0 Å². The van der Waals surface area contributed by atoms with E-state index in [9.17, 15) is 4.79 Å². The van der Waals surface area contributed by atoms with Crippen LogP contribution in [0, 0.1) is 0 Å². The van der Waals surface area contributed by atoms with E-state index in [1.165, 1.54) is 0 Å². The quantitative estimate of drug-likeness (QED) is 0.833. The average Bonchev–Trinajstić information content (AvgIpc) is 2.79. The molecule has 0 bridgehead atoms. The van der Waals surface area contributed by atoms with Crippen LogP contribution in [-0.4, -0.2) is 44.0 Å². The van der Waals surface area contributed by atoms with Gasteiger partial charge in [0.05, 0.1) is 24.6 Å². The summed E-state index contributed by atoms with van der Waals surface area (Å²) in [6.07, 6.45) is 0.528. The number of carbonyl (C=O) groups is 1. The molecule has 5 heteroatoms. The second-order valence-corrected chi connectivity index (χ2v) is 5.68. The topological polar surface area (TPSA) is 32.8 Å². The maximum Gasteiger partial charge on any atom is 0.228 e. The van der Waals surface area contributed by atoms with Gasteiger partial charge in [-0.3, -0.25) is 4.79 Å². The number of nitrogens with zero attached hydrogens (tertiary/aromatic N) is 2. The predicted octanol–water partition coefficient (Wildman–Crippen LogP) is 1.56. The van der Waals surface area contributed by atoms with Gasteiger partial charge in [0.1, 0.15) is 0 Å². The standard InChI is InChI=1S/C14H18N2O2S/c17-14-9-11(19)10-16(14)13-4-2-1-3-12(13)15-5-7-18-8-6-15/h1-4,11,19H,5-10H2. The minimum absolute atomic E-state index is 0.144. The Balaban J connectivity index is 1.90. The predicted molar refractivity (Wildman–Crippen MR) is 79.2 cm³/mol. The third-order valence-electron chi connectivity index (χ3n) is 3.63. The number of ether oxygens (including phenoxy) is 1. The zero-order valence-electron chi connectivity index (χ0n) is 10.8. The number of thiol groups is 1. The second kappa shape index (κ2) is 5.43. The van der Waals surface area contributed by atoms with Crippen LogP contribution in [0.15, 0.2) is 24.3 Å². The van der Waals surface area contributed by atoms with E-state index in [1.54, 1.807) is 0 Å². The van der Waals surface area contributed by atoms with Crippen molar-refractivity contribution >= 4 is 29.9 Å². The Morgan fingerprint density at radius 1 is 1.16 bits per heavy atom. The van der Waals surface area contributed by atoms with Crippen LogP contribution >= 0.6 is 12.6 Å². The summed E-state index contributed by atoms with van der Waals surface area (Å²) in [5.74, 6) is 0.167. The number of amides is 1. The first-order valence-electron chi connectivity index (χ1n) is 6.66. The molecule has 0 saturated carbocycles. The molecule has 1 atom stereocenters. The summed E-state index contributed by atoms with van der Waals surface area (Å²) in [4.78, 5) is 16.2. The summed E-state index contributed by atoms with van der Waals surface area (Å²) >= 11 is 4.43. The molecule has 4 nitrogen and oxygen atoms in total. The van der Waals surface area contributed by atoms with Crippen LogP contribution in [0.25, 0.3) is 0 Å². The lowest BCUT2D eigenvalue weighted by atomic mass is 10.2. The SMILES string of the molecule is O=C1CC(S)CN1c1ccccc1N1CCOCC1. The fourth-order valence-electron chi connectivity index (χ4n) is 2.69. The summed E-state index contributed by atoms with van der Waals surface area (Å²) < 4.78 is 5.39. The summed E-state index contributed by atoms with van der Waals surface area (Å²) in [5.41, 5.74) is 2.13. The summed E-state index contributed by atoms with van der Waals surface area (Å²) in [6, 6.07) is 8.11. The van der Waals surface area contributed by atoms with E-state index in [4.69, 9.17) is 4.74 Å². The van der Waals surface area contributed by atoms with Crippen molar-refractivity contribution in [2.75, 3.05) is 42.6 Å². The lowest BCUT2D eigenvalue weighted by molar-refractivity contribution is -0.117. The highest BCUT2D eigenvalue weighted by Crippen LogP contribution is 2.33. The highest BCUT2D eigenvalue weighted by molar-refractivity contribution is 7.81. The fourth-order valence-corrected chi connectivity index (χ4v) is 3.01. The van der Waals surface area contributed by atoms with Gasteiger partial charge in [-0.15, -0.1) is 0 Å². The maximum atomic E-state index is 12.1. The Morgan fingerprint density at radius 2 is 1.84 bits per heavy atom. The lowest BCUT2D eigenvalue weighted by Crippen LogP contribution is -2.37. The van der Waals surface area contributed by atoms with Gasteiger partial charge in [-0.05, 0) is 12.1 Å². The molecule has 102 valence electrons. The summed E-state index contributed by atoms with van der Waals surface area (Å²) in [5, 5.41) is 0.144. The molecule has 3 rings (SSSR count). The van der Waals surface area contributed by atoms with E-state index in [-0.39, 0.29) is 11.2 Å². The van der Waals surface area contributed by atoms with Crippen molar-refractivity contribution < 1.29 is 9.53 Å². The Kier molecular flexibility index (Phi) is 3.66. The minimum Gasteiger partial charge on any atom is -0.378 e. The molecule has 2 aliphatic rings. The van der Waals surface area contributed by atoms with Crippen LogP contribution in [0.1, 0.15) is 6.42 Å². The van der Waals surface area contributed by atoms with E-state index in [2.05, 4.69) is 23.6 Å². The maximum absolute atomic E-state index is 12.1. The molecule has 1 aromatic carbocycles. The number of anilines is 2. The lowest BCUT2D eigenvalue weighted by Gasteiger charge is -2.32. The van der Waals surface area contributed by atoms with Crippen molar-refractivity contribution in [3.05, 3.63) is 24.3 Å². The summed E-state index contributed by atoms with van der Waals surface area (Å²) in [6.45, 7) is 3.95. The first-order chi connectivity index (χ1) is 9.25. The van der Waals surface area contributed by atoms with Gasteiger partial charge in [-0.25, -0.2) is 0 Å². The molecule has 0 radical (unpaired) electrons. The van der Waals surface area contributed by atoms with Crippen molar-refractivity contribution in [2.45, 2.75) is 11.7 Å². The van der Waals surface area contributed by atoms with E-state index in [0.717, 1.165) is 37.7 Å². The molecule has 2 aliphatic heterocycles. The van der Waals surface area contributed by atoms with Crippen molar-refractivity contribution in [1.29, 1.82) is 0 Å². The zero-order valence-corrected chi connectivity index (χ0v) is 11.7. The fraction of sp³-hybridized carbons (Fsp3) is 0.500. The van der Waals surface area contributed by atoms with Gasteiger partial charge in [0.25, 0.3) is 0 Å². The Morgan fingerprint density at radius 3 is 2.47 bits per heavy atom. The van der Waals surface area contributed by atoms with Crippen LogP contribution in [0.5, 0.6) is 0 Å². The van der Waals surface area contributed by atoms with Crippen LogP contribution in [-0.2, 0) is 9.53 Å². The smallest absolute Gasteiger partial charge is 0.228 e. The van der Waals surface area contributed by atoms with Crippen LogP contribution < -0.4 is 9.80 Å². The Hall–Kier alpha value is -1.20. The van der Waals surface area contributed by atoms with Gasteiger partial charge >= 0.3 is 0 Å². The summed E-state index contributed by atoms with van der Waals surface area (Å²) in [7, 11) is 0. The van der Waals surface area contributed by atoms with Crippen LogP contribution in [0.4, 0.5) is 11.4 Å². The second-order valence-electron chi connectivity index (χ2n) is 4.95. The van der Waals surface area contributed by atoms with Gasteiger partial charge < -0.3 is 14.5 Å². The van der Waals surface area contributed by atoms with Gasteiger partial charge in [0.2, 0.25) is 5.91 Å². The monoisotopic (exact) mass is 278 g/mol. The highest BCUT2D eigenvalue weighted by Gasteiger charge is 2.30. The Labute approximate surface area is 118 Å². The molecule has 19 heavy (non-hydrogen) atoms. The minimum atomic E-state index is 0.144. The van der Waals surface area contributed by atoms with Crippen molar-refractivity contribution in [2.24, 2.45) is 0 Å². The third kappa shape index (κ3) is 2.58. The van der Waals surface area contributed by atoms with E-state index < -0.39 is 0 Å². The van der Waals surface area contributed by atoms with Crippen molar-refractivity contribution in [3.8, 4) is 0 Å². The number of carbonyl (C=O) groups excluding carboxylic acids is 1. The number of benzene rings is 1. The van der Waals surface area contributed by atoms with Crippen molar-refractivity contribution in [1.82, 2.24) is 0 Å². The number of para-hydroxylation sites is 2. The molecule has 0 aliphatic carbocycles.